The first-order chi connectivity index (χ1) is 17.2. The van der Waals surface area contributed by atoms with E-state index < -0.39 is 17.7 Å². The molecule has 0 saturated carbocycles. The van der Waals surface area contributed by atoms with Gasteiger partial charge in [0.25, 0.3) is 0 Å². The number of esters is 2. The second-order valence-corrected chi connectivity index (χ2v) is 9.71. The number of hydrogen-bond donors (Lipinski definition) is 0. The summed E-state index contributed by atoms with van der Waals surface area (Å²) in [5, 5.41) is 9.66. The Hall–Kier alpha value is -3.48. The molecular weight excluding hydrogens is 546 g/mol. The number of ether oxygens (including phenoxy) is 2. The zero-order valence-corrected chi connectivity index (χ0v) is 22.7. The Morgan fingerprint density at radius 3 is 2.42 bits per heavy atom. The van der Waals surface area contributed by atoms with Gasteiger partial charge >= 0.3 is 11.9 Å². The maximum absolute atomic E-state index is 13.1. The number of allylic oxidation sites excluding steroid dienone is 1. The number of hydrogen-bond acceptors (Lipinski definition) is 8. The summed E-state index contributed by atoms with van der Waals surface area (Å²) in [7, 11) is 0. The van der Waals surface area contributed by atoms with E-state index in [1.54, 1.807) is 32.9 Å². The number of nitrogens with zero attached hydrogens (tertiary/aromatic N) is 1. The van der Waals surface area contributed by atoms with Crippen LogP contribution in [0.3, 0.4) is 0 Å². The zero-order valence-electron chi connectivity index (χ0n) is 20.3. The van der Waals surface area contributed by atoms with Crippen molar-refractivity contribution < 1.29 is 28.3 Å². The Labute approximate surface area is 221 Å². The summed E-state index contributed by atoms with van der Waals surface area (Å²) < 4.78 is 16.9. The van der Waals surface area contributed by atoms with Crippen LogP contribution in [0.4, 0.5) is 0 Å². The molecule has 0 fully saturated rings. The van der Waals surface area contributed by atoms with Crippen molar-refractivity contribution in [2.75, 3.05) is 13.2 Å². The maximum atomic E-state index is 13.1. The van der Waals surface area contributed by atoms with Gasteiger partial charge in [0.2, 0.25) is 0 Å². The van der Waals surface area contributed by atoms with Gasteiger partial charge in [-0.2, -0.15) is 5.26 Å². The lowest BCUT2D eigenvalue weighted by atomic mass is 10.0. The van der Waals surface area contributed by atoms with Gasteiger partial charge in [0.05, 0.1) is 24.4 Å². The number of furan rings is 1. The van der Waals surface area contributed by atoms with Crippen LogP contribution in [0.25, 0.3) is 17.4 Å². The lowest BCUT2D eigenvalue weighted by molar-refractivity contribution is -0.114. The minimum atomic E-state index is -0.633. The Balaban J connectivity index is 1.91. The highest BCUT2D eigenvalue weighted by atomic mass is 79.9. The number of thiophene rings is 1. The SMILES string of the molecule is CCOC(=O)c1sc(CC(=O)C(C#N)=Cc2ccc(-c3ccc(C)cc3Br)o2)c(C(=O)OCC)c1C. The fourth-order valence-corrected chi connectivity index (χ4v) is 5.39. The molecule has 9 heteroatoms. The van der Waals surface area contributed by atoms with Gasteiger partial charge in [-0.1, -0.05) is 22.0 Å². The molecule has 0 aliphatic carbocycles. The summed E-state index contributed by atoms with van der Waals surface area (Å²) in [6, 6.07) is 11.2. The van der Waals surface area contributed by atoms with Gasteiger partial charge in [-0.05, 0) is 63.1 Å². The fraction of sp³-hybridized carbons (Fsp3) is 0.259. The van der Waals surface area contributed by atoms with Crippen molar-refractivity contribution in [3.05, 3.63) is 72.6 Å². The van der Waals surface area contributed by atoms with Crippen LogP contribution < -0.4 is 0 Å². The molecule has 3 rings (SSSR count). The van der Waals surface area contributed by atoms with Gasteiger partial charge in [-0.3, -0.25) is 4.79 Å². The second-order valence-electron chi connectivity index (χ2n) is 7.75. The lowest BCUT2D eigenvalue weighted by Crippen LogP contribution is -2.12. The third-order valence-electron chi connectivity index (χ3n) is 5.21. The molecule has 0 radical (unpaired) electrons. The molecule has 0 bridgehead atoms. The first-order valence-electron chi connectivity index (χ1n) is 11.2. The molecule has 0 saturated heterocycles. The molecular formula is C27H24BrNO6S. The van der Waals surface area contributed by atoms with Gasteiger partial charge in [-0.15, -0.1) is 11.3 Å². The Morgan fingerprint density at radius 2 is 1.78 bits per heavy atom. The van der Waals surface area contributed by atoms with E-state index in [2.05, 4.69) is 15.9 Å². The first-order valence-corrected chi connectivity index (χ1v) is 12.8. The van der Waals surface area contributed by atoms with Crippen molar-refractivity contribution in [2.45, 2.75) is 34.1 Å². The lowest BCUT2D eigenvalue weighted by Gasteiger charge is -2.05. The van der Waals surface area contributed by atoms with E-state index >= 15 is 0 Å². The number of ketones is 1. The largest absolute Gasteiger partial charge is 0.462 e. The van der Waals surface area contributed by atoms with Crippen molar-refractivity contribution in [3.63, 3.8) is 0 Å². The summed E-state index contributed by atoms with van der Waals surface area (Å²) >= 11 is 4.52. The fourth-order valence-electron chi connectivity index (χ4n) is 3.51. The second kappa shape index (κ2) is 12.0. The van der Waals surface area contributed by atoms with E-state index in [0.29, 0.717) is 22.0 Å². The Morgan fingerprint density at radius 1 is 1.08 bits per heavy atom. The highest BCUT2D eigenvalue weighted by molar-refractivity contribution is 9.10. The van der Waals surface area contributed by atoms with Crippen molar-refractivity contribution in [1.29, 1.82) is 5.26 Å². The van der Waals surface area contributed by atoms with Gasteiger partial charge in [0.15, 0.2) is 5.78 Å². The van der Waals surface area contributed by atoms with Crippen molar-refractivity contribution in [1.82, 2.24) is 0 Å². The molecule has 2 aromatic heterocycles. The van der Waals surface area contributed by atoms with Gasteiger partial charge in [0, 0.05) is 27.4 Å². The van der Waals surface area contributed by atoms with E-state index in [1.165, 1.54) is 6.08 Å². The minimum absolute atomic E-state index is 0.136. The van der Waals surface area contributed by atoms with Crippen LogP contribution in [0.2, 0.25) is 0 Å². The quantitative estimate of drug-likeness (QED) is 0.165. The molecule has 2 heterocycles. The van der Waals surface area contributed by atoms with Crippen LogP contribution in [0, 0.1) is 25.2 Å². The van der Waals surface area contributed by atoms with E-state index in [9.17, 15) is 19.6 Å². The number of carbonyl (C=O) groups excluding carboxylic acids is 3. The first kappa shape index (κ1) is 27.1. The number of rotatable bonds is 9. The summed E-state index contributed by atoms with van der Waals surface area (Å²) in [5.74, 6) is -0.815. The molecule has 3 aromatic rings. The predicted molar refractivity (Wildman–Crippen MR) is 140 cm³/mol. The number of benzene rings is 1. The van der Waals surface area contributed by atoms with Crippen LogP contribution in [0.15, 0.2) is 44.8 Å². The summed E-state index contributed by atoms with van der Waals surface area (Å²) in [6.45, 7) is 7.24. The smallest absolute Gasteiger partial charge is 0.348 e. The molecule has 1 aromatic carbocycles. The molecule has 0 spiro atoms. The number of nitriles is 1. The van der Waals surface area contributed by atoms with Crippen LogP contribution in [0.5, 0.6) is 0 Å². The van der Waals surface area contributed by atoms with E-state index in [-0.39, 0.29) is 35.6 Å². The van der Waals surface area contributed by atoms with Crippen molar-refractivity contribution in [2.24, 2.45) is 0 Å². The van der Waals surface area contributed by atoms with Crippen LogP contribution in [0.1, 0.15) is 55.6 Å². The minimum Gasteiger partial charge on any atom is -0.462 e. The topological polar surface area (TPSA) is 107 Å². The molecule has 0 aliphatic heterocycles. The summed E-state index contributed by atoms with van der Waals surface area (Å²) in [4.78, 5) is 38.6. The summed E-state index contributed by atoms with van der Waals surface area (Å²) in [6.07, 6.45) is 1.11. The number of aryl methyl sites for hydroxylation is 1. The van der Waals surface area contributed by atoms with E-state index in [1.807, 2.05) is 31.2 Å². The molecule has 186 valence electrons. The van der Waals surface area contributed by atoms with Gasteiger partial charge < -0.3 is 13.9 Å². The average molecular weight is 570 g/mol. The highest BCUT2D eigenvalue weighted by Crippen LogP contribution is 2.33. The van der Waals surface area contributed by atoms with Crippen LogP contribution in [-0.4, -0.2) is 30.9 Å². The average Bonchev–Trinajstić information content (AvgIpc) is 3.41. The number of carbonyl (C=O) groups is 3. The summed E-state index contributed by atoms with van der Waals surface area (Å²) in [5.41, 5.74) is 2.33. The van der Waals surface area contributed by atoms with Crippen molar-refractivity contribution in [3.8, 4) is 17.4 Å². The van der Waals surface area contributed by atoms with Gasteiger partial charge in [0.1, 0.15) is 22.5 Å². The standard InChI is InChI=1S/C27H24BrNO6S/c1-5-33-26(31)24-16(4)25(27(32)34-6-2)36-23(24)13-21(30)17(14-29)12-18-8-10-22(35-18)19-9-7-15(3)11-20(19)28/h7-12H,5-6,13H2,1-4H3. The van der Waals surface area contributed by atoms with E-state index in [4.69, 9.17) is 13.9 Å². The molecule has 36 heavy (non-hydrogen) atoms. The molecule has 0 N–H and O–H groups in total. The predicted octanol–water partition coefficient (Wildman–Crippen LogP) is 6.46. The maximum Gasteiger partial charge on any atom is 0.348 e. The molecule has 0 amide bonds. The van der Waals surface area contributed by atoms with E-state index in [0.717, 1.165) is 26.9 Å². The molecule has 0 atom stereocenters. The van der Waals surface area contributed by atoms with Crippen molar-refractivity contribution >= 4 is 51.1 Å². The Bertz CT molecular complexity index is 1390. The third-order valence-corrected chi connectivity index (χ3v) is 7.13. The third kappa shape index (κ3) is 6.01. The number of halogens is 1. The van der Waals surface area contributed by atoms with Gasteiger partial charge in [-0.25, -0.2) is 9.59 Å². The monoisotopic (exact) mass is 569 g/mol. The molecule has 0 aliphatic rings. The normalized spacial score (nSPS) is 11.2. The molecule has 0 unspecified atom stereocenters. The molecule has 7 nitrogen and oxygen atoms in total. The number of Topliss-reactive ketones (excluding diaryl/α,β-unsaturated/α-hetero) is 1. The van der Waals surface area contributed by atoms with Crippen LogP contribution in [-0.2, 0) is 20.7 Å². The zero-order chi connectivity index (χ0) is 26.4. The highest BCUT2D eigenvalue weighted by Gasteiger charge is 2.28. The Kier molecular flexibility index (Phi) is 9.02. The van der Waals surface area contributed by atoms with Crippen LogP contribution >= 0.6 is 27.3 Å².